The lowest BCUT2D eigenvalue weighted by molar-refractivity contribution is 0.0515. The predicted octanol–water partition coefficient (Wildman–Crippen LogP) is 3.57. The lowest BCUT2D eigenvalue weighted by Gasteiger charge is -2.32. The van der Waals surface area contributed by atoms with E-state index in [1.165, 1.54) is 0 Å². The largest absolute Gasteiger partial charge is 0.458 e. The summed E-state index contributed by atoms with van der Waals surface area (Å²) in [6.07, 6.45) is 6.25. The second-order valence-electron chi connectivity index (χ2n) is 7.08. The molecule has 6 heteroatoms. The Labute approximate surface area is 167 Å². The van der Waals surface area contributed by atoms with Crippen molar-refractivity contribution >= 4 is 11.6 Å². The number of aryl methyl sites for hydroxylation is 1. The molecule has 1 aliphatic rings. The van der Waals surface area contributed by atoms with Gasteiger partial charge in [-0.1, -0.05) is 6.92 Å². The van der Waals surface area contributed by atoms with E-state index in [1.54, 1.807) is 12.4 Å². The zero-order valence-electron chi connectivity index (χ0n) is 17.1. The minimum Gasteiger partial charge on any atom is -0.458 e. The lowest BCUT2D eigenvalue weighted by Crippen LogP contribution is -2.44. The highest BCUT2D eigenvalue weighted by atomic mass is 16.5. The summed E-state index contributed by atoms with van der Waals surface area (Å²) in [4.78, 5) is 25.6. The maximum absolute atomic E-state index is 12.9. The van der Waals surface area contributed by atoms with Crippen LogP contribution in [0.5, 0.6) is 6.01 Å². The first-order chi connectivity index (χ1) is 13.6. The fourth-order valence-corrected chi connectivity index (χ4v) is 3.54. The number of hydrogen-bond donors (Lipinski definition) is 0. The van der Waals surface area contributed by atoms with E-state index in [0.717, 1.165) is 55.7 Å². The Morgan fingerprint density at radius 2 is 1.82 bits per heavy atom. The number of benzene rings is 1. The number of piperidine rings is 1. The molecule has 0 N–H and O–H groups in total. The summed E-state index contributed by atoms with van der Waals surface area (Å²) in [6.45, 7) is 9.57. The predicted molar refractivity (Wildman–Crippen MR) is 111 cm³/mol. The first kappa shape index (κ1) is 20.1. The molecule has 28 heavy (non-hydrogen) atoms. The van der Waals surface area contributed by atoms with E-state index in [1.807, 2.05) is 29.2 Å². The zero-order valence-corrected chi connectivity index (χ0v) is 17.1. The Balaban J connectivity index is 1.62. The van der Waals surface area contributed by atoms with Crippen LogP contribution >= 0.6 is 0 Å². The first-order valence-corrected chi connectivity index (χ1v) is 10.3. The van der Waals surface area contributed by atoms with Crippen LogP contribution in [0.4, 0.5) is 5.69 Å². The quantitative estimate of drug-likeness (QED) is 0.733. The van der Waals surface area contributed by atoms with Crippen molar-refractivity contribution in [3.8, 4) is 6.01 Å². The van der Waals surface area contributed by atoms with E-state index < -0.39 is 0 Å². The molecule has 0 spiro atoms. The summed E-state index contributed by atoms with van der Waals surface area (Å²) in [5, 5.41) is 0. The summed E-state index contributed by atoms with van der Waals surface area (Å²) < 4.78 is 5.93. The maximum Gasteiger partial charge on any atom is 0.316 e. The SMILES string of the molecule is CCc1cnc(OC2CCCN(C(=O)c3ccc(N(CC)CC)cc3)C2)nc1. The molecule has 1 unspecified atom stereocenters. The molecule has 2 aromatic rings. The van der Waals surface area contributed by atoms with Crippen LogP contribution in [0, 0.1) is 0 Å². The summed E-state index contributed by atoms with van der Waals surface area (Å²) in [6, 6.07) is 8.29. The summed E-state index contributed by atoms with van der Waals surface area (Å²) in [5.41, 5.74) is 2.95. The molecule has 1 aromatic heterocycles. The number of amides is 1. The van der Waals surface area contributed by atoms with Gasteiger partial charge in [-0.05, 0) is 62.9 Å². The van der Waals surface area contributed by atoms with Crippen LogP contribution in [0.1, 0.15) is 49.5 Å². The molecule has 1 atom stereocenters. The number of carbonyl (C=O) groups excluding carboxylic acids is 1. The molecule has 1 saturated heterocycles. The average Bonchev–Trinajstić information content (AvgIpc) is 2.75. The van der Waals surface area contributed by atoms with Gasteiger partial charge >= 0.3 is 6.01 Å². The molecule has 0 aliphatic carbocycles. The summed E-state index contributed by atoms with van der Waals surface area (Å²) in [7, 11) is 0. The third kappa shape index (κ3) is 4.80. The van der Waals surface area contributed by atoms with Crippen molar-refractivity contribution in [3.63, 3.8) is 0 Å². The smallest absolute Gasteiger partial charge is 0.316 e. The second-order valence-corrected chi connectivity index (χ2v) is 7.08. The van der Waals surface area contributed by atoms with Crippen molar-refractivity contribution in [2.45, 2.75) is 46.1 Å². The number of carbonyl (C=O) groups is 1. The van der Waals surface area contributed by atoms with Gasteiger partial charge in [-0.3, -0.25) is 4.79 Å². The van der Waals surface area contributed by atoms with Gasteiger partial charge in [0.2, 0.25) is 0 Å². The minimum atomic E-state index is -0.0693. The molecule has 1 aliphatic heterocycles. The number of ether oxygens (including phenoxy) is 1. The van der Waals surface area contributed by atoms with Gasteiger partial charge in [-0.25, -0.2) is 9.97 Å². The van der Waals surface area contributed by atoms with Crippen molar-refractivity contribution in [2.24, 2.45) is 0 Å². The Bertz CT molecular complexity index is 757. The average molecular weight is 383 g/mol. The van der Waals surface area contributed by atoms with Gasteiger partial charge in [-0.15, -0.1) is 0 Å². The van der Waals surface area contributed by atoms with E-state index in [9.17, 15) is 4.79 Å². The van der Waals surface area contributed by atoms with Gasteiger partial charge in [0.15, 0.2) is 0 Å². The van der Waals surface area contributed by atoms with Crippen LogP contribution < -0.4 is 9.64 Å². The van der Waals surface area contributed by atoms with Crippen LogP contribution in [-0.2, 0) is 6.42 Å². The number of aromatic nitrogens is 2. The molecule has 6 nitrogen and oxygen atoms in total. The highest BCUT2D eigenvalue weighted by Gasteiger charge is 2.26. The Kier molecular flexibility index (Phi) is 6.85. The molecule has 150 valence electrons. The molecule has 1 aromatic carbocycles. The fourth-order valence-electron chi connectivity index (χ4n) is 3.54. The highest BCUT2D eigenvalue weighted by Crippen LogP contribution is 2.20. The van der Waals surface area contributed by atoms with Crippen LogP contribution in [-0.4, -0.2) is 53.1 Å². The van der Waals surface area contributed by atoms with Crippen molar-refractivity contribution in [1.82, 2.24) is 14.9 Å². The van der Waals surface area contributed by atoms with Crippen molar-refractivity contribution in [1.29, 1.82) is 0 Å². The molecular weight excluding hydrogens is 352 g/mol. The van der Waals surface area contributed by atoms with Crippen molar-refractivity contribution in [2.75, 3.05) is 31.1 Å². The molecule has 0 bridgehead atoms. The summed E-state index contributed by atoms with van der Waals surface area (Å²) >= 11 is 0. The molecule has 0 saturated carbocycles. The summed E-state index contributed by atoms with van der Waals surface area (Å²) in [5.74, 6) is 0.0571. The number of likely N-dealkylation sites (tertiary alicyclic amines) is 1. The van der Waals surface area contributed by atoms with E-state index >= 15 is 0 Å². The van der Waals surface area contributed by atoms with E-state index in [-0.39, 0.29) is 12.0 Å². The number of anilines is 1. The number of hydrogen-bond acceptors (Lipinski definition) is 5. The second kappa shape index (κ2) is 9.53. The molecule has 2 heterocycles. The zero-order chi connectivity index (χ0) is 19.9. The highest BCUT2D eigenvalue weighted by molar-refractivity contribution is 5.94. The topological polar surface area (TPSA) is 58.6 Å². The third-order valence-corrected chi connectivity index (χ3v) is 5.27. The first-order valence-electron chi connectivity index (χ1n) is 10.3. The van der Waals surface area contributed by atoms with Gasteiger partial charge in [0.1, 0.15) is 6.10 Å². The number of rotatable bonds is 7. The minimum absolute atomic E-state index is 0.0571. The van der Waals surface area contributed by atoms with E-state index in [2.05, 4.69) is 35.6 Å². The third-order valence-electron chi connectivity index (χ3n) is 5.27. The molecule has 3 rings (SSSR count). The Morgan fingerprint density at radius 3 is 2.43 bits per heavy atom. The van der Waals surface area contributed by atoms with Gasteiger partial charge in [0.05, 0.1) is 6.54 Å². The molecule has 0 radical (unpaired) electrons. The van der Waals surface area contributed by atoms with E-state index in [4.69, 9.17) is 4.74 Å². The Hall–Kier alpha value is -2.63. The standard InChI is InChI=1S/C22H30N4O2/c1-4-17-14-23-22(24-15-17)28-20-8-7-13-26(16-20)21(27)18-9-11-19(12-10-18)25(5-2)6-3/h9-12,14-15,20H,4-8,13,16H2,1-3H3. The monoisotopic (exact) mass is 382 g/mol. The van der Waals surface area contributed by atoms with Gasteiger partial charge in [0.25, 0.3) is 5.91 Å². The molecular formula is C22H30N4O2. The number of nitrogens with zero attached hydrogens (tertiary/aromatic N) is 4. The molecule has 1 amide bonds. The van der Waals surface area contributed by atoms with Crippen molar-refractivity contribution < 1.29 is 9.53 Å². The molecule has 1 fully saturated rings. The normalized spacial score (nSPS) is 16.7. The Morgan fingerprint density at radius 1 is 1.14 bits per heavy atom. The van der Waals surface area contributed by atoms with Gasteiger partial charge in [-0.2, -0.15) is 0 Å². The van der Waals surface area contributed by atoms with Crippen LogP contribution in [0.3, 0.4) is 0 Å². The van der Waals surface area contributed by atoms with Gasteiger partial charge < -0.3 is 14.5 Å². The van der Waals surface area contributed by atoms with Crippen LogP contribution in [0.2, 0.25) is 0 Å². The van der Waals surface area contributed by atoms with Crippen LogP contribution in [0.15, 0.2) is 36.7 Å². The fraction of sp³-hybridized carbons (Fsp3) is 0.500. The van der Waals surface area contributed by atoms with Crippen LogP contribution in [0.25, 0.3) is 0 Å². The lowest BCUT2D eigenvalue weighted by atomic mass is 10.1. The van der Waals surface area contributed by atoms with Crippen molar-refractivity contribution in [3.05, 3.63) is 47.8 Å². The van der Waals surface area contributed by atoms with Gasteiger partial charge in [0, 0.05) is 43.3 Å². The van der Waals surface area contributed by atoms with E-state index in [0.29, 0.717) is 12.6 Å². The maximum atomic E-state index is 12.9.